The van der Waals surface area contributed by atoms with Gasteiger partial charge in [-0.15, -0.1) is 0 Å². The zero-order valence-corrected chi connectivity index (χ0v) is 20.2. The van der Waals surface area contributed by atoms with Crippen molar-refractivity contribution in [1.29, 1.82) is 5.26 Å². The van der Waals surface area contributed by atoms with E-state index in [0.717, 1.165) is 22.3 Å². The highest BCUT2D eigenvalue weighted by Crippen LogP contribution is 2.21. The molecule has 7 heteroatoms. The van der Waals surface area contributed by atoms with Gasteiger partial charge >= 0.3 is 0 Å². The molecule has 0 saturated heterocycles. The number of aromatic nitrogens is 2. The smallest absolute Gasteiger partial charge is 0.250 e. The molecule has 36 heavy (non-hydrogen) atoms. The molecule has 7 nitrogen and oxygen atoms in total. The number of carbonyl (C=O) groups excluding carboxylic acids is 1. The van der Waals surface area contributed by atoms with E-state index in [1.54, 1.807) is 43.7 Å². The van der Waals surface area contributed by atoms with Crippen LogP contribution in [0.5, 0.6) is 0 Å². The number of anilines is 1. The van der Waals surface area contributed by atoms with E-state index in [9.17, 15) is 9.59 Å². The standard InChI is InChI=1S/C29H27N5O2/c1-20(22-10-8-21(17-30)9-11-22)18-32-28(23-6-4-3-5-7-23)29(36)33-26-13-12-25(19-31-26)24-14-15-34(2)27(35)16-24/h3-16,19-20,28,32H,18H2,1-2H3,(H,31,33,36)/t20-,28?/m1/s1. The van der Waals surface area contributed by atoms with Gasteiger partial charge < -0.3 is 15.2 Å². The predicted octanol–water partition coefficient (Wildman–Crippen LogP) is 4.39. The molecule has 2 N–H and O–H groups in total. The van der Waals surface area contributed by atoms with Crippen molar-refractivity contribution in [3.63, 3.8) is 0 Å². The lowest BCUT2D eigenvalue weighted by Crippen LogP contribution is -2.35. The fraction of sp³-hybridized carbons (Fsp3) is 0.172. The highest BCUT2D eigenvalue weighted by Gasteiger charge is 2.21. The van der Waals surface area contributed by atoms with E-state index in [-0.39, 0.29) is 17.4 Å². The van der Waals surface area contributed by atoms with Crippen LogP contribution in [0.25, 0.3) is 11.1 Å². The van der Waals surface area contributed by atoms with Crippen molar-refractivity contribution < 1.29 is 4.79 Å². The molecule has 0 aliphatic rings. The van der Waals surface area contributed by atoms with E-state index >= 15 is 0 Å². The van der Waals surface area contributed by atoms with Gasteiger partial charge in [0.25, 0.3) is 5.56 Å². The number of nitrogens with zero attached hydrogens (tertiary/aromatic N) is 3. The summed E-state index contributed by atoms with van der Waals surface area (Å²) in [5.74, 6) is 0.338. The van der Waals surface area contributed by atoms with Crippen LogP contribution >= 0.6 is 0 Å². The summed E-state index contributed by atoms with van der Waals surface area (Å²) in [6.07, 6.45) is 3.35. The largest absolute Gasteiger partial charge is 0.319 e. The summed E-state index contributed by atoms with van der Waals surface area (Å²) in [5.41, 5.74) is 4.01. The first-order chi connectivity index (χ1) is 17.4. The van der Waals surface area contributed by atoms with Gasteiger partial charge in [0.1, 0.15) is 11.9 Å². The molecule has 4 rings (SSSR count). The van der Waals surface area contributed by atoms with E-state index in [1.165, 1.54) is 4.57 Å². The van der Waals surface area contributed by atoms with Crippen molar-refractivity contribution in [2.75, 3.05) is 11.9 Å². The zero-order valence-electron chi connectivity index (χ0n) is 20.2. The SMILES string of the molecule is C[C@H](CNC(C(=O)Nc1ccc(-c2ccn(C)c(=O)c2)cn1)c1ccccc1)c1ccc(C#N)cc1. The van der Waals surface area contributed by atoms with Gasteiger partial charge in [-0.05, 0) is 52.9 Å². The lowest BCUT2D eigenvalue weighted by molar-refractivity contribution is -0.118. The molecule has 0 saturated carbocycles. The van der Waals surface area contributed by atoms with Crippen LogP contribution in [0.15, 0.2) is 96.1 Å². The van der Waals surface area contributed by atoms with Gasteiger partial charge in [0, 0.05) is 37.6 Å². The fourth-order valence-corrected chi connectivity index (χ4v) is 3.87. The fourth-order valence-electron chi connectivity index (χ4n) is 3.87. The molecular weight excluding hydrogens is 450 g/mol. The molecular formula is C29H27N5O2. The molecule has 0 aliphatic heterocycles. The van der Waals surface area contributed by atoms with Gasteiger partial charge in [0.2, 0.25) is 5.91 Å². The molecule has 2 aromatic carbocycles. The quantitative estimate of drug-likeness (QED) is 0.392. The number of hydrogen-bond donors (Lipinski definition) is 2. The van der Waals surface area contributed by atoms with E-state index in [2.05, 4.69) is 28.6 Å². The summed E-state index contributed by atoms with van der Waals surface area (Å²) in [6, 6.07) is 25.5. The molecule has 180 valence electrons. The molecule has 2 heterocycles. The van der Waals surface area contributed by atoms with Crippen molar-refractivity contribution in [1.82, 2.24) is 14.9 Å². The van der Waals surface area contributed by atoms with E-state index in [0.29, 0.717) is 17.9 Å². The average Bonchev–Trinajstić information content (AvgIpc) is 2.91. The average molecular weight is 478 g/mol. The molecule has 1 amide bonds. The zero-order chi connectivity index (χ0) is 25.5. The molecule has 0 aliphatic carbocycles. The normalized spacial score (nSPS) is 12.4. The minimum absolute atomic E-state index is 0.100. The third-order valence-electron chi connectivity index (χ3n) is 6.08. The number of pyridine rings is 2. The summed E-state index contributed by atoms with van der Waals surface area (Å²) in [5, 5.41) is 15.3. The predicted molar refractivity (Wildman–Crippen MR) is 140 cm³/mol. The summed E-state index contributed by atoms with van der Waals surface area (Å²) >= 11 is 0. The van der Waals surface area contributed by atoms with Crippen LogP contribution < -0.4 is 16.2 Å². The minimum atomic E-state index is -0.578. The Bertz CT molecular complexity index is 1420. The maximum atomic E-state index is 13.3. The van der Waals surface area contributed by atoms with Crippen LogP contribution in [0, 0.1) is 11.3 Å². The van der Waals surface area contributed by atoms with Crippen molar-refractivity contribution in [2.24, 2.45) is 7.05 Å². The number of hydrogen-bond acceptors (Lipinski definition) is 5. The Kier molecular flexibility index (Phi) is 7.69. The molecule has 1 unspecified atom stereocenters. The second-order valence-electron chi connectivity index (χ2n) is 8.67. The molecule has 0 radical (unpaired) electrons. The Balaban J connectivity index is 1.47. The van der Waals surface area contributed by atoms with Crippen molar-refractivity contribution >= 4 is 11.7 Å². The summed E-state index contributed by atoms with van der Waals surface area (Å²) in [7, 11) is 1.70. The van der Waals surface area contributed by atoms with Crippen LogP contribution in [-0.4, -0.2) is 22.0 Å². The maximum Gasteiger partial charge on any atom is 0.250 e. The number of nitrogens with one attached hydrogen (secondary N) is 2. The Morgan fingerprint density at radius 1 is 1.00 bits per heavy atom. The Morgan fingerprint density at radius 2 is 1.75 bits per heavy atom. The van der Waals surface area contributed by atoms with Crippen molar-refractivity contribution in [3.05, 3.63) is 118 Å². The molecule has 0 fully saturated rings. The number of aryl methyl sites for hydroxylation is 1. The molecule has 0 bridgehead atoms. The molecule has 4 aromatic rings. The van der Waals surface area contributed by atoms with Crippen LogP contribution in [0.1, 0.15) is 35.6 Å². The topological polar surface area (TPSA) is 99.8 Å². The number of benzene rings is 2. The Hall–Kier alpha value is -4.54. The van der Waals surface area contributed by atoms with Crippen LogP contribution in [0.3, 0.4) is 0 Å². The van der Waals surface area contributed by atoms with Crippen molar-refractivity contribution in [3.8, 4) is 17.2 Å². The summed E-state index contributed by atoms with van der Waals surface area (Å²) in [4.78, 5) is 29.6. The van der Waals surface area contributed by atoms with Gasteiger partial charge in [-0.25, -0.2) is 4.98 Å². The van der Waals surface area contributed by atoms with E-state index < -0.39 is 6.04 Å². The van der Waals surface area contributed by atoms with Gasteiger partial charge in [-0.3, -0.25) is 9.59 Å². The minimum Gasteiger partial charge on any atom is -0.319 e. The highest BCUT2D eigenvalue weighted by molar-refractivity contribution is 5.95. The third kappa shape index (κ3) is 5.93. The summed E-state index contributed by atoms with van der Waals surface area (Å²) < 4.78 is 1.50. The molecule has 2 atom stereocenters. The Labute approximate surface area is 210 Å². The van der Waals surface area contributed by atoms with Gasteiger partial charge in [0.15, 0.2) is 0 Å². The third-order valence-corrected chi connectivity index (χ3v) is 6.08. The molecule has 2 aromatic heterocycles. The van der Waals surface area contributed by atoms with E-state index in [4.69, 9.17) is 5.26 Å². The van der Waals surface area contributed by atoms with Gasteiger partial charge in [-0.1, -0.05) is 49.4 Å². The van der Waals surface area contributed by atoms with E-state index in [1.807, 2.05) is 54.6 Å². The number of carbonyl (C=O) groups is 1. The van der Waals surface area contributed by atoms with Crippen LogP contribution in [-0.2, 0) is 11.8 Å². The number of amides is 1. The Morgan fingerprint density at radius 3 is 2.39 bits per heavy atom. The van der Waals surface area contributed by atoms with Gasteiger partial charge in [0.05, 0.1) is 11.6 Å². The first kappa shape index (κ1) is 24.6. The number of nitriles is 1. The van der Waals surface area contributed by atoms with Crippen LogP contribution in [0.2, 0.25) is 0 Å². The monoisotopic (exact) mass is 477 g/mol. The lowest BCUT2D eigenvalue weighted by Gasteiger charge is -2.21. The second kappa shape index (κ2) is 11.3. The van der Waals surface area contributed by atoms with Crippen molar-refractivity contribution in [2.45, 2.75) is 18.9 Å². The second-order valence-corrected chi connectivity index (χ2v) is 8.67. The first-order valence-corrected chi connectivity index (χ1v) is 11.7. The van der Waals surface area contributed by atoms with Crippen LogP contribution in [0.4, 0.5) is 5.82 Å². The summed E-state index contributed by atoms with van der Waals surface area (Å²) in [6.45, 7) is 2.64. The van der Waals surface area contributed by atoms with Gasteiger partial charge in [-0.2, -0.15) is 5.26 Å². The molecule has 0 spiro atoms. The number of rotatable bonds is 8. The highest BCUT2D eigenvalue weighted by atomic mass is 16.2. The maximum absolute atomic E-state index is 13.3. The first-order valence-electron chi connectivity index (χ1n) is 11.7. The lowest BCUT2D eigenvalue weighted by atomic mass is 9.98.